The highest BCUT2D eigenvalue weighted by Crippen LogP contribution is 2.22. The van der Waals surface area contributed by atoms with Crippen molar-refractivity contribution in [3.05, 3.63) is 90.1 Å². The molecule has 406 valence electrons. The molecule has 3 heterocycles. The van der Waals surface area contributed by atoms with E-state index in [4.69, 9.17) is 22.9 Å². The number of aliphatic carboxylic acids is 1. The molecule has 24 nitrogen and oxygen atoms in total. The van der Waals surface area contributed by atoms with Crippen LogP contribution in [0.2, 0.25) is 0 Å². The van der Waals surface area contributed by atoms with E-state index in [0.717, 1.165) is 10.9 Å². The molecular weight excluding hydrogens is 987 g/mol. The van der Waals surface area contributed by atoms with E-state index in [1.165, 1.54) is 29.2 Å². The van der Waals surface area contributed by atoms with Gasteiger partial charge in [0.25, 0.3) is 0 Å². The zero-order chi connectivity index (χ0) is 54.3. The fourth-order valence-corrected chi connectivity index (χ4v) is 9.13. The van der Waals surface area contributed by atoms with Gasteiger partial charge in [0.1, 0.15) is 36.3 Å². The second kappa shape index (κ2) is 30.0. The van der Waals surface area contributed by atoms with Crippen molar-refractivity contribution in [3.8, 4) is 0 Å². The highest BCUT2D eigenvalue weighted by molar-refractivity contribution is 7.98. The summed E-state index contributed by atoms with van der Waals surface area (Å²) in [6.07, 6.45) is 8.86. The normalized spacial score (nSPS) is 15.6. The Hall–Kier alpha value is -7.51. The Labute approximate surface area is 438 Å². The summed E-state index contributed by atoms with van der Waals surface area (Å²) in [5.41, 5.74) is 25.9. The number of benzene rings is 2. The summed E-state index contributed by atoms with van der Waals surface area (Å²) in [6, 6.07) is 8.13. The number of likely N-dealkylation sites (tertiary alicyclic amines) is 1. The van der Waals surface area contributed by atoms with Crippen molar-refractivity contribution in [1.82, 2.24) is 51.8 Å². The zero-order valence-corrected chi connectivity index (χ0v) is 42.9. The number of rotatable bonds is 31. The molecule has 17 N–H and O–H groups in total. The van der Waals surface area contributed by atoms with Crippen LogP contribution in [0.1, 0.15) is 68.2 Å². The largest absolute Gasteiger partial charge is 0.480 e. The number of para-hydroxylation sites is 1. The van der Waals surface area contributed by atoms with Crippen LogP contribution in [-0.4, -0.2) is 159 Å². The van der Waals surface area contributed by atoms with Crippen LogP contribution in [0.5, 0.6) is 0 Å². The number of hydrogen-bond donors (Lipinski definition) is 13. The zero-order valence-electron chi connectivity index (χ0n) is 42.1. The summed E-state index contributed by atoms with van der Waals surface area (Å²) < 4.78 is 0. The molecule has 7 atom stereocenters. The Balaban J connectivity index is 1.34. The van der Waals surface area contributed by atoms with Crippen LogP contribution in [0.3, 0.4) is 0 Å². The summed E-state index contributed by atoms with van der Waals surface area (Å²) in [5.74, 6) is -5.65. The molecule has 1 aliphatic heterocycles. The molecular formula is C50H71N15O9S. The van der Waals surface area contributed by atoms with Crippen molar-refractivity contribution < 1.29 is 43.5 Å². The number of aromatic amines is 2. The smallest absolute Gasteiger partial charge is 0.326 e. The first-order valence-electron chi connectivity index (χ1n) is 25.0. The minimum atomic E-state index is -1.33. The summed E-state index contributed by atoms with van der Waals surface area (Å²) in [5, 5.41) is 26.7. The quantitative estimate of drug-likeness (QED) is 0.0160. The molecule has 1 fully saturated rings. The molecule has 7 amide bonds. The van der Waals surface area contributed by atoms with E-state index in [1.807, 2.05) is 30.5 Å². The number of H-pyrrole nitrogens is 2. The maximum atomic E-state index is 14.5. The lowest BCUT2D eigenvalue weighted by Gasteiger charge is -2.29. The first-order valence-corrected chi connectivity index (χ1v) is 26.4. The van der Waals surface area contributed by atoms with Crippen LogP contribution in [0, 0.1) is 0 Å². The Kier molecular flexibility index (Phi) is 23.4. The van der Waals surface area contributed by atoms with Crippen molar-refractivity contribution in [3.63, 3.8) is 0 Å². The minimum absolute atomic E-state index is 0.0131. The number of carboxylic acid groups (broad SMARTS) is 1. The molecule has 4 aromatic rings. The lowest BCUT2D eigenvalue weighted by molar-refractivity contribution is -0.145. The number of aliphatic imine (C=N–C) groups is 1. The molecule has 0 unspecified atom stereocenters. The molecule has 0 bridgehead atoms. The Bertz CT molecular complexity index is 2560. The van der Waals surface area contributed by atoms with Gasteiger partial charge in [0.2, 0.25) is 41.4 Å². The van der Waals surface area contributed by atoms with Crippen LogP contribution in [-0.2, 0) is 57.6 Å². The van der Waals surface area contributed by atoms with Gasteiger partial charge >= 0.3 is 5.97 Å². The molecule has 0 radical (unpaired) electrons. The molecule has 75 heavy (non-hydrogen) atoms. The number of amides is 7. The van der Waals surface area contributed by atoms with E-state index in [1.54, 1.807) is 36.5 Å². The van der Waals surface area contributed by atoms with Gasteiger partial charge in [0.05, 0.1) is 18.9 Å². The fraction of sp³-hybridized carbons (Fsp3) is 0.480. The van der Waals surface area contributed by atoms with Crippen LogP contribution in [0.4, 0.5) is 0 Å². The number of carboxylic acids is 1. The van der Waals surface area contributed by atoms with E-state index in [2.05, 4.69) is 51.8 Å². The Morgan fingerprint density at radius 2 is 1.48 bits per heavy atom. The lowest BCUT2D eigenvalue weighted by atomic mass is 10.0. The van der Waals surface area contributed by atoms with Gasteiger partial charge in [-0.1, -0.05) is 48.5 Å². The molecule has 5 rings (SSSR count). The number of fused-ring (bicyclic) bond motifs is 1. The van der Waals surface area contributed by atoms with Gasteiger partial charge in [-0.25, -0.2) is 9.78 Å². The van der Waals surface area contributed by atoms with Crippen molar-refractivity contribution in [1.29, 1.82) is 0 Å². The Morgan fingerprint density at radius 3 is 2.19 bits per heavy atom. The number of nitrogens with one attached hydrogen (secondary N) is 8. The third kappa shape index (κ3) is 18.4. The van der Waals surface area contributed by atoms with Gasteiger partial charge < -0.3 is 74.8 Å². The third-order valence-electron chi connectivity index (χ3n) is 12.6. The standard InChI is InChI=1S/C50H71N15O9S/c1-75-22-18-38(49(73)74)62-47(71)41-17-10-21-65(41)48(72)37(15-7-8-19-51)60-42(66)28-58-44(68)40(24-31-26-57-35-14-6-5-13-33(31)35)64-45(69)36(16-9-20-56-50(53)54)61-46(70)39(23-30-11-3-2-4-12-30)63-43(67)34(52)25-32-27-55-29-59-32/h2-6,11-14,26-27,29,34,36-41,57H,7-10,15-25,28,51-52H2,1H3,(H,55,59)(H,58,68)(H,60,66)(H,61,70)(H,62,71)(H,63,67)(H,64,69)(H,73,74)(H4,53,54,56)/t34-,36-,37-,38-,39+,40-,41-/m0/s1. The third-order valence-corrected chi connectivity index (χ3v) is 13.3. The number of nitrogens with zero attached hydrogens (tertiary/aromatic N) is 3. The predicted molar refractivity (Wildman–Crippen MR) is 283 cm³/mol. The molecule has 25 heteroatoms. The van der Waals surface area contributed by atoms with Gasteiger partial charge in [-0.05, 0) is 87.1 Å². The van der Waals surface area contributed by atoms with Crippen LogP contribution in [0.25, 0.3) is 10.9 Å². The highest BCUT2D eigenvalue weighted by Gasteiger charge is 2.39. The first kappa shape index (κ1) is 58.4. The maximum absolute atomic E-state index is 14.5. The second-order valence-corrected chi connectivity index (χ2v) is 19.3. The van der Waals surface area contributed by atoms with Crippen molar-refractivity contribution in [2.45, 2.75) is 113 Å². The van der Waals surface area contributed by atoms with E-state index in [9.17, 15) is 43.5 Å². The second-order valence-electron chi connectivity index (χ2n) is 18.3. The topological polar surface area (TPSA) is 393 Å². The van der Waals surface area contributed by atoms with Gasteiger partial charge in [-0.3, -0.25) is 38.6 Å². The van der Waals surface area contributed by atoms with Crippen LogP contribution in [0.15, 0.2) is 78.3 Å². The molecule has 1 saturated heterocycles. The number of thioether (sulfide) groups is 1. The SMILES string of the molecule is CSCC[C@H](NC(=O)[C@@H]1CCCN1C(=O)[C@H](CCCCN)NC(=O)CNC(=O)[C@H](Cc1c[nH]c2ccccc12)NC(=O)[C@H](CCCN=C(N)N)NC(=O)[C@@H](Cc1ccccc1)NC(=O)[C@@H](N)Cc1cnc[nH]1)C(=O)O. The van der Waals surface area contributed by atoms with Crippen molar-refractivity contribution in [2.24, 2.45) is 27.9 Å². The summed E-state index contributed by atoms with van der Waals surface area (Å²) in [7, 11) is 0. The summed E-state index contributed by atoms with van der Waals surface area (Å²) in [6.45, 7) is -0.00758. The molecule has 0 spiro atoms. The number of aromatic nitrogens is 3. The number of hydrogen-bond acceptors (Lipinski definition) is 13. The summed E-state index contributed by atoms with van der Waals surface area (Å²) >= 11 is 1.44. The number of guanidine groups is 1. The first-order chi connectivity index (χ1) is 36.1. The number of nitrogens with two attached hydrogens (primary N) is 4. The molecule has 0 saturated carbocycles. The number of carbonyl (C=O) groups excluding carboxylic acids is 7. The van der Waals surface area contributed by atoms with Crippen LogP contribution >= 0.6 is 11.8 Å². The van der Waals surface area contributed by atoms with Crippen LogP contribution < -0.4 is 54.8 Å². The van der Waals surface area contributed by atoms with E-state index < -0.39 is 96.2 Å². The summed E-state index contributed by atoms with van der Waals surface area (Å²) in [4.78, 5) is 125. The maximum Gasteiger partial charge on any atom is 0.326 e. The van der Waals surface area contributed by atoms with Gasteiger partial charge in [0.15, 0.2) is 5.96 Å². The number of carbonyl (C=O) groups is 8. The van der Waals surface area contributed by atoms with E-state index in [-0.39, 0.29) is 64.0 Å². The molecule has 1 aliphatic rings. The highest BCUT2D eigenvalue weighted by atomic mass is 32.2. The van der Waals surface area contributed by atoms with E-state index in [0.29, 0.717) is 54.8 Å². The molecule has 2 aromatic carbocycles. The van der Waals surface area contributed by atoms with Crippen molar-refractivity contribution >= 4 is 75.9 Å². The minimum Gasteiger partial charge on any atom is -0.480 e. The molecule has 0 aliphatic carbocycles. The van der Waals surface area contributed by atoms with Gasteiger partial charge in [-0.2, -0.15) is 11.8 Å². The van der Waals surface area contributed by atoms with Gasteiger partial charge in [0, 0.05) is 61.3 Å². The van der Waals surface area contributed by atoms with E-state index >= 15 is 0 Å². The molecule has 2 aromatic heterocycles. The monoisotopic (exact) mass is 1060 g/mol. The predicted octanol–water partition coefficient (Wildman–Crippen LogP) is -1.20. The average Bonchev–Trinajstić information content (AvgIpc) is 4.20. The average molecular weight is 1060 g/mol. The number of imidazole rings is 1. The van der Waals surface area contributed by atoms with Crippen molar-refractivity contribution in [2.75, 3.05) is 38.2 Å². The lowest BCUT2D eigenvalue weighted by Crippen LogP contribution is -2.59. The Morgan fingerprint density at radius 1 is 0.787 bits per heavy atom. The van der Waals surface area contributed by atoms with Gasteiger partial charge in [-0.15, -0.1) is 0 Å². The fourth-order valence-electron chi connectivity index (χ4n) is 8.66. The number of unbranched alkanes of at least 4 members (excludes halogenated alkanes) is 1.